The van der Waals surface area contributed by atoms with Gasteiger partial charge in [-0.3, -0.25) is 4.98 Å². The molecule has 1 N–H and O–H groups in total. The average Bonchev–Trinajstić information content (AvgIpc) is 2.68. The maximum absolute atomic E-state index is 13.3. The van der Waals surface area contributed by atoms with Gasteiger partial charge in [0.25, 0.3) is 0 Å². The van der Waals surface area contributed by atoms with Crippen LogP contribution in [-0.2, 0) is 6.61 Å². The van der Waals surface area contributed by atoms with Gasteiger partial charge in [0.1, 0.15) is 18.2 Å². The molecule has 0 atom stereocenters. The van der Waals surface area contributed by atoms with Gasteiger partial charge in [-0.15, -0.1) is 0 Å². The highest BCUT2D eigenvalue weighted by Gasteiger charge is 2.07. The van der Waals surface area contributed by atoms with Gasteiger partial charge in [-0.2, -0.15) is 0 Å². The molecule has 0 saturated carbocycles. The van der Waals surface area contributed by atoms with Gasteiger partial charge in [-0.05, 0) is 60.2 Å². The minimum absolute atomic E-state index is 0.243. The van der Waals surface area contributed by atoms with Crippen LogP contribution in [0.15, 0.2) is 77.4 Å². The summed E-state index contributed by atoms with van der Waals surface area (Å²) in [6.45, 7) is 0.243. The minimum Gasteiger partial charge on any atom is -0.487 e. The standard InChI is InChI=1S/C22H15BrClFN2O/c23-15-4-6-20-18(11-15)21(8-9-26-20)27-17-5-7-22(19(24)12-17)28-13-14-2-1-3-16(25)10-14/h1-12H,13H2,(H,26,27). The fourth-order valence-electron chi connectivity index (χ4n) is 2.87. The molecule has 4 rings (SSSR count). The van der Waals surface area contributed by atoms with E-state index in [-0.39, 0.29) is 12.4 Å². The number of ether oxygens (including phenoxy) is 1. The monoisotopic (exact) mass is 456 g/mol. The largest absolute Gasteiger partial charge is 0.487 e. The molecule has 3 nitrogen and oxygen atoms in total. The van der Waals surface area contributed by atoms with Crippen molar-refractivity contribution in [3.8, 4) is 5.75 Å². The van der Waals surface area contributed by atoms with Crippen LogP contribution in [0.3, 0.4) is 0 Å². The quantitative estimate of drug-likeness (QED) is 0.347. The number of nitrogens with one attached hydrogen (secondary N) is 1. The third-order valence-corrected chi connectivity index (χ3v) is 4.99. The second-order valence-corrected chi connectivity index (χ2v) is 7.53. The van der Waals surface area contributed by atoms with Crippen molar-refractivity contribution in [3.05, 3.63) is 93.8 Å². The van der Waals surface area contributed by atoms with Gasteiger partial charge in [0.2, 0.25) is 0 Å². The summed E-state index contributed by atoms with van der Waals surface area (Å²) in [7, 11) is 0. The fraction of sp³-hybridized carbons (Fsp3) is 0.0455. The summed E-state index contributed by atoms with van der Waals surface area (Å²) in [6, 6.07) is 19.6. The summed E-state index contributed by atoms with van der Waals surface area (Å²) >= 11 is 9.88. The normalized spacial score (nSPS) is 10.8. The summed E-state index contributed by atoms with van der Waals surface area (Å²) in [6.07, 6.45) is 1.76. The second-order valence-electron chi connectivity index (χ2n) is 6.21. The number of rotatable bonds is 5. The number of hydrogen-bond donors (Lipinski definition) is 1. The van der Waals surface area contributed by atoms with E-state index in [4.69, 9.17) is 16.3 Å². The van der Waals surface area contributed by atoms with Crippen LogP contribution in [0.1, 0.15) is 5.56 Å². The molecular formula is C22H15BrClFN2O. The summed E-state index contributed by atoms with van der Waals surface area (Å²) in [4.78, 5) is 4.38. The Morgan fingerprint density at radius 1 is 1.04 bits per heavy atom. The van der Waals surface area contributed by atoms with E-state index in [1.54, 1.807) is 30.5 Å². The van der Waals surface area contributed by atoms with Crippen LogP contribution in [0.2, 0.25) is 5.02 Å². The van der Waals surface area contributed by atoms with E-state index in [1.165, 1.54) is 12.1 Å². The van der Waals surface area contributed by atoms with Crippen molar-refractivity contribution in [3.63, 3.8) is 0 Å². The molecule has 140 valence electrons. The zero-order valence-corrected chi connectivity index (χ0v) is 17.0. The molecule has 0 unspecified atom stereocenters. The van der Waals surface area contributed by atoms with Gasteiger partial charge in [-0.25, -0.2) is 4.39 Å². The van der Waals surface area contributed by atoms with Crippen molar-refractivity contribution < 1.29 is 9.13 Å². The number of anilines is 2. The zero-order chi connectivity index (χ0) is 19.5. The van der Waals surface area contributed by atoms with Crippen LogP contribution in [0, 0.1) is 5.82 Å². The predicted molar refractivity (Wildman–Crippen MR) is 115 cm³/mol. The highest BCUT2D eigenvalue weighted by atomic mass is 79.9. The van der Waals surface area contributed by atoms with E-state index in [1.807, 2.05) is 30.3 Å². The summed E-state index contributed by atoms with van der Waals surface area (Å²) in [5.41, 5.74) is 3.40. The first-order valence-corrected chi connectivity index (χ1v) is 9.74. The first-order valence-electron chi connectivity index (χ1n) is 8.56. The summed E-state index contributed by atoms with van der Waals surface area (Å²) < 4.78 is 20.0. The van der Waals surface area contributed by atoms with Crippen molar-refractivity contribution in [1.29, 1.82) is 0 Å². The molecule has 1 heterocycles. The van der Waals surface area contributed by atoms with Crippen molar-refractivity contribution in [1.82, 2.24) is 4.98 Å². The molecule has 0 amide bonds. The Balaban J connectivity index is 1.53. The number of halogens is 3. The summed E-state index contributed by atoms with van der Waals surface area (Å²) in [5, 5.41) is 4.85. The zero-order valence-electron chi connectivity index (χ0n) is 14.6. The molecule has 0 fully saturated rings. The molecule has 3 aromatic carbocycles. The number of hydrogen-bond acceptors (Lipinski definition) is 3. The maximum Gasteiger partial charge on any atom is 0.138 e. The second kappa shape index (κ2) is 8.17. The Kier molecular flexibility index (Phi) is 5.46. The van der Waals surface area contributed by atoms with E-state index >= 15 is 0 Å². The SMILES string of the molecule is Fc1cccc(COc2ccc(Nc3ccnc4ccc(Br)cc34)cc2Cl)c1. The third kappa shape index (κ3) is 4.26. The molecule has 0 aliphatic carbocycles. The molecule has 28 heavy (non-hydrogen) atoms. The number of fused-ring (bicyclic) bond motifs is 1. The number of nitrogens with zero attached hydrogens (tertiary/aromatic N) is 1. The number of benzene rings is 3. The lowest BCUT2D eigenvalue weighted by atomic mass is 10.2. The van der Waals surface area contributed by atoms with E-state index in [0.717, 1.165) is 32.3 Å². The molecule has 0 spiro atoms. The van der Waals surface area contributed by atoms with Gasteiger partial charge in [0, 0.05) is 27.4 Å². The third-order valence-electron chi connectivity index (χ3n) is 4.20. The summed E-state index contributed by atoms with van der Waals surface area (Å²) in [5.74, 6) is 0.252. The molecule has 0 bridgehead atoms. The van der Waals surface area contributed by atoms with Crippen molar-refractivity contribution in [2.24, 2.45) is 0 Å². The Hall–Kier alpha value is -2.63. The topological polar surface area (TPSA) is 34.1 Å². The lowest BCUT2D eigenvalue weighted by Crippen LogP contribution is -1.97. The highest BCUT2D eigenvalue weighted by Crippen LogP contribution is 2.32. The smallest absolute Gasteiger partial charge is 0.138 e. The minimum atomic E-state index is -0.289. The Morgan fingerprint density at radius 3 is 2.75 bits per heavy atom. The molecule has 0 aliphatic heterocycles. The van der Waals surface area contributed by atoms with E-state index < -0.39 is 0 Å². The Morgan fingerprint density at radius 2 is 1.93 bits per heavy atom. The van der Waals surface area contributed by atoms with Crippen molar-refractivity contribution >= 4 is 49.8 Å². The molecule has 4 aromatic rings. The van der Waals surface area contributed by atoms with E-state index in [0.29, 0.717) is 10.8 Å². The molecule has 0 saturated heterocycles. The fourth-order valence-corrected chi connectivity index (χ4v) is 3.46. The van der Waals surface area contributed by atoms with Crippen LogP contribution in [0.4, 0.5) is 15.8 Å². The highest BCUT2D eigenvalue weighted by molar-refractivity contribution is 9.10. The van der Waals surface area contributed by atoms with Crippen molar-refractivity contribution in [2.75, 3.05) is 5.32 Å². The lowest BCUT2D eigenvalue weighted by molar-refractivity contribution is 0.306. The van der Waals surface area contributed by atoms with Crippen molar-refractivity contribution in [2.45, 2.75) is 6.61 Å². The molecule has 0 aliphatic rings. The maximum atomic E-state index is 13.3. The van der Waals surface area contributed by atoms with Gasteiger partial charge < -0.3 is 10.1 Å². The molecule has 6 heteroatoms. The van der Waals surface area contributed by atoms with Gasteiger partial charge in [0.05, 0.1) is 10.5 Å². The molecule has 0 radical (unpaired) electrons. The Bertz CT molecular complexity index is 1150. The van der Waals surface area contributed by atoms with E-state index in [2.05, 4.69) is 26.2 Å². The van der Waals surface area contributed by atoms with Crippen LogP contribution >= 0.6 is 27.5 Å². The molecular weight excluding hydrogens is 443 g/mol. The lowest BCUT2D eigenvalue weighted by Gasteiger charge is -2.13. The van der Waals surface area contributed by atoms with Crippen LogP contribution < -0.4 is 10.1 Å². The first-order chi connectivity index (χ1) is 13.6. The average molecular weight is 458 g/mol. The van der Waals surface area contributed by atoms with Crippen LogP contribution in [0.25, 0.3) is 10.9 Å². The van der Waals surface area contributed by atoms with Gasteiger partial charge in [0.15, 0.2) is 0 Å². The number of pyridine rings is 1. The van der Waals surface area contributed by atoms with E-state index in [9.17, 15) is 4.39 Å². The predicted octanol–water partition coefficient (Wildman–Crippen LogP) is 7.11. The van der Waals surface area contributed by atoms with Crippen LogP contribution in [-0.4, -0.2) is 4.98 Å². The number of aromatic nitrogens is 1. The Labute approximate surface area is 175 Å². The van der Waals surface area contributed by atoms with Gasteiger partial charge in [-0.1, -0.05) is 39.7 Å². The molecule has 1 aromatic heterocycles. The van der Waals surface area contributed by atoms with Gasteiger partial charge >= 0.3 is 0 Å². The first kappa shape index (κ1) is 18.7. The van der Waals surface area contributed by atoms with Crippen LogP contribution in [0.5, 0.6) is 5.75 Å².